The number of carbonyl (C=O) groups is 1. The van der Waals surface area contributed by atoms with Gasteiger partial charge in [0, 0.05) is 11.5 Å². The molecule has 23 heavy (non-hydrogen) atoms. The van der Waals surface area contributed by atoms with Gasteiger partial charge in [0.05, 0.1) is 0 Å². The number of ketones is 1. The van der Waals surface area contributed by atoms with Gasteiger partial charge in [-0.1, -0.05) is 12.1 Å². The molecule has 1 heterocycles. The second-order valence-electron chi connectivity index (χ2n) is 5.12. The Kier molecular flexibility index (Phi) is 3.93. The Balaban J connectivity index is 1.85. The summed E-state index contributed by atoms with van der Waals surface area (Å²) in [6.07, 6.45) is 0. The van der Waals surface area contributed by atoms with Gasteiger partial charge in [-0.3, -0.25) is 4.79 Å². The van der Waals surface area contributed by atoms with E-state index in [4.69, 9.17) is 9.15 Å². The van der Waals surface area contributed by atoms with E-state index in [1.807, 2.05) is 0 Å². The molecule has 2 aromatic carbocycles. The molecule has 0 saturated heterocycles. The standard InChI is InChI=1S/C18H13FO4/c1-11(20)16-8-13-4-7-15(9-17(13)23-18(16)21)22-10-12-2-5-14(19)6-3-12/h2-9H,10H2,1H3. The molecule has 0 spiro atoms. The van der Waals surface area contributed by atoms with Gasteiger partial charge in [0.15, 0.2) is 5.78 Å². The maximum atomic E-state index is 12.8. The number of Topliss-reactive ketones (excluding diaryl/α,β-unsaturated/α-hetero) is 1. The van der Waals surface area contributed by atoms with Crippen molar-refractivity contribution in [1.29, 1.82) is 0 Å². The normalized spacial score (nSPS) is 10.7. The number of carbonyl (C=O) groups excluding carboxylic acids is 1. The van der Waals surface area contributed by atoms with Crippen LogP contribution in [0, 0.1) is 5.82 Å². The SMILES string of the molecule is CC(=O)c1cc2ccc(OCc3ccc(F)cc3)cc2oc1=O. The molecule has 0 aliphatic carbocycles. The van der Waals surface area contributed by atoms with Crippen LogP contribution in [0.2, 0.25) is 0 Å². The predicted octanol–water partition coefficient (Wildman–Crippen LogP) is 3.71. The summed E-state index contributed by atoms with van der Waals surface area (Å²) >= 11 is 0. The molecule has 0 saturated carbocycles. The molecule has 3 aromatic rings. The van der Waals surface area contributed by atoms with Crippen molar-refractivity contribution in [2.24, 2.45) is 0 Å². The minimum Gasteiger partial charge on any atom is -0.489 e. The quantitative estimate of drug-likeness (QED) is 0.544. The summed E-state index contributed by atoms with van der Waals surface area (Å²) in [5.74, 6) is -0.125. The van der Waals surface area contributed by atoms with Gasteiger partial charge >= 0.3 is 5.63 Å². The van der Waals surface area contributed by atoms with Crippen molar-refractivity contribution in [3.8, 4) is 5.75 Å². The molecule has 0 radical (unpaired) electrons. The summed E-state index contributed by atoms with van der Waals surface area (Å²) in [4.78, 5) is 23.1. The van der Waals surface area contributed by atoms with Crippen LogP contribution in [0.25, 0.3) is 11.0 Å². The van der Waals surface area contributed by atoms with Crippen molar-refractivity contribution < 1.29 is 18.3 Å². The van der Waals surface area contributed by atoms with E-state index in [0.29, 0.717) is 16.7 Å². The maximum Gasteiger partial charge on any atom is 0.347 e. The summed E-state index contributed by atoms with van der Waals surface area (Å²) < 4.78 is 23.6. The monoisotopic (exact) mass is 312 g/mol. The molecule has 0 unspecified atom stereocenters. The van der Waals surface area contributed by atoms with Gasteiger partial charge in [-0.15, -0.1) is 0 Å². The van der Waals surface area contributed by atoms with Crippen molar-refractivity contribution in [3.63, 3.8) is 0 Å². The largest absolute Gasteiger partial charge is 0.489 e. The first kappa shape index (κ1) is 15.0. The summed E-state index contributed by atoms with van der Waals surface area (Å²) in [7, 11) is 0. The number of fused-ring (bicyclic) bond motifs is 1. The number of hydrogen-bond donors (Lipinski definition) is 0. The van der Waals surface area contributed by atoms with Crippen LogP contribution < -0.4 is 10.4 Å². The fourth-order valence-corrected chi connectivity index (χ4v) is 2.17. The van der Waals surface area contributed by atoms with Gasteiger partial charge in [-0.05, 0) is 42.8 Å². The fourth-order valence-electron chi connectivity index (χ4n) is 2.17. The highest BCUT2D eigenvalue weighted by Gasteiger charge is 2.10. The van der Waals surface area contributed by atoms with Gasteiger partial charge in [-0.25, -0.2) is 9.18 Å². The van der Waals surface area contributed by atoms with Crippen molar-refractivity contribution in [2.45, 2.75) is 13.5 Å². The third kappa shape index (κ3) is 3.29. The molecule has 5 heteroatoms. The zero-order chi connectivity index (χ0) is 16.4. The highest BCUT2D eigenvalue weighted by Crippen LogP contribution is 2.21. The first-order valence-corrected chi connectivity index (χ1v) is 6.99. The molecule has 0 fully saturated rings. The smallest absolute Gasteiger partial charge is 0.347 e. The first-order valence-electron chi connectivity index (χ1n) is 6.99. The molecule has 116 valence electrons. The van der Waals surface area contributed by atoms with Crippen molar-refractivity contribution in [1.82, 2.24) is 0 Å². The average Bonchev–Trinajstić information content (AvgIpc) is 2.53. The molecular formula is C18H13FO4. The molecular weight excluding hydrogens is 299 g/mol. The molecule has 1 aromatic heterocycles. The fraction of sp³-hybridized carbons (Fsp3) is 0.111. The van der Waals surface area contributed by atoms with Gasteiger partial charge in [-0.2, -0.15) is 0 Å². The van der Waals surface area contributed by atoms with E-state index in [1.165, 1.54) is 25.1 Å². The molecule has 0 aliphatic heterocycles. The van der Waals surface area contributed by atoms with Crippen LogP contribution >= 0.6 is 0 Å². The number of benzene rings is 2. The van der Waals surface area contributed by atoms with Gasteiger partial charge in [0.2, 0.25) is 0 Å². The Morgan fingerprint density at radius 2 is 1.87 bits per heavy atom. The Morgan fingerprint density at radius 3 is 2.57 bits per heavy atom. The summed E-state index contributed by atoms with van der Waals surface area (Å²) in [5, 5.41) is 0.643. The van der Waals surface area contributed by atoms with Crippen LogP contribution in [0.15, 0.2) is 57.7 Å². The van der Waals surface area contributed by atoms with E-state index in [9.17, 15) is 14.0 Å². The van der Waals surface area contributed by atoms with E-state index in [-0.39, 0.29) is 23.8 Å². The lowest BCUT2D eigenvalue weighted by Crippen LogP contribution is -2.10. The van der Waals surface area contributed by atoms with Gasteiger partial charge in [0.25, 0.3) is 0 Å². The first-order chi connectivity index (χ1) is 11.0. The zero-order valence-electron chi connectivity index (χ0n) is 12.3. The topological polar surface area (TPSA) is 56.5 Å². The molecule has 0 aliphatic rings. The molecule has 0 N–H and O–H groups in total. The Hall–Kier alpha value is -2.95. The van der Waals surface area contributed by atoms with Crippen molar-refractivity contribution in [2.75, 3.05) is 0 Å². The minimum absolute atomic E-state index is 0.0254. The van der Waals surface area contributed by atoms with Crippen LogP contribution in [0.1, 0.15) is 22.8 Å². The third-order valence-corrected chi connectivity index (χ3v) is 3.41. The number of ether oxygens (including phenoxy) is 1. The van der Waals surface area contributed by atoms with Crippen LogP contribution in [0.4, 0.5) is 4.39 Å². The highest BCUT2D eigenvalue weighted by atomic mass is 19.1. The van der Waals surface area contributed by atoms with E-state index >= 15 is 0 Å². The van der Waals surface area contributed by atoms with Crippen LogP contribution in [0.5, 0.6) is 5.75 Å². The van der Waals surface area contributed by atoms with Crippen LogP contribution in [-0.4, -0.2) is 5.78 Å². The van der Waals surface area contributed by atoms with E-state index in [1.54, 1.807) is 30.3 Å². The number of rotatable bonds is 4. The predicted molar refractivity (Wildman–Crippen MR) is 83.2 cm³/mol. The summed E-state index contributed by atoms with van der Waals surface area (Å²) in [6.45, 7) is 1.58. The van der Waals surface area contributed by atoms with E-state index in [0.717, 1.165) is 5.56 Å². The third-order valence-electron chi connectivity index (χ3n) is 3.41. The van der Waals surface area contributed by atoms with Crippen molar-refractivity contribution >= 4 is 16.8 Å². The lowest BCUT2D eigenvalue weighted by atomic mass is 10.1. The summed E-state index contributed by atoms with van der Waals surface area (Å²) in [5.41, 5.74) is 0.523. The van der Waals surface area contributed by atoms with E-state index < -0.39 is 5.63 Å². The zero-order valence-corrected chi connectivity index (χ0v) is 12.3. The molecule has 0 bridgehead atoms. The molecule has 0 atom stereocenters. The van der Waals surface area contributed by atoms with Crippen LogP contribution in [-0.2, 0) is 6.61 Å². The van der Waals surface area contributed by atoms with Crippen molar-refractivity contribution in [3.05, 3.63) is 75.9 Å². The number of halogens is 1. The van der Waals surface area contributed by atoms with Crippen LogP contribution in [0.3, 0.4) is 0 Å². The van der Waals surface area contributed by atoms with Gasteiger partial charge in [0.1, 0.15) is 29.3 Å². The van der Waals surface area contributed by atoms with Gasteiger partial charge < -0.3 is 9.15 Å². The second kappa shape index (κ2) is 6.04. The summed E-state index contributed by atoms with van der Waals surface area (Å²) in [6, 6.07) is 12.5. The lowest BCUT2D eigenvalue weighted by molar-refractivity contribution is 0.101. The lowest BCUT2D eigenvalue weighted by Gasteiger charge is -2.07. The Bertz CT molecular complexity index is 926. The Labute approximate surface area is 131 Å². The highest BCUT2D eigenvalue weighted by molar-refractivity contribution is 5.96. The average molecular weight is 312 g/mol. The second-order valence-corrected chi connectivity index (χ2v) is 5.12. The minimum atomic E-state index is -0.666. The molecule has 0 amide bonds. The molecule has 4 nitrogen and oxygen atoms in total. The molecule has 3 rings (SSSR count). The Morgan fingerprint density at radius 1 is 1.13 bits per heavy atom. The maximum absolute atomic E-state index is 12.8. The van der Waals surface area contributed by atoms with E-state index in [2.05, 4.69) is 0 Å². The number of hydrogen-bond acceptors (Lipinski definition) is 4.